The molecule has 0 bridgehead atoms. The number of nitrogens with zero attached hydrogens (tertiary/aromatic N) is 1. The van der Waals surface area contributed by atoms with E-state index in [2.05, 4.69) is 20.9 Å². The first-order valence-electron chi connectivity index (χ1n) is 8.50. The fourth-order valence-electron chi connectivity index (χ4n) is 2.76. The predicted octanol–water partition coefficient (Wildman–Crippen LogP) is 1.71. The molecule has 1 aromatic heterocycles. The van der Waals surface area contributed by atoms with Crippen LogP contribution in [0.25, 0.3) is 0 Å². The van der Waals surface area contributed by atoms with Crippen molar-refractivity contribution in [1.29, 1.82) is 0 Å². The average molecular weight is 368 g/mol. The molecule has 0 saturated carbocycles. The van der Waals surface area contributed by atoms with Crippen molar-refractivity contribution in [2.75, 3.05) is 0 Å². The van der Waals surface area contributed by atoms with Crippen LogP contribution in [0.15, 0.2) is 36.5 Å². The summed E-state index contributed by atoms with van der Waals surface area (Å²) in [4.78, 5) is 39.0. The average Bonchev–Trinajstić information content (AvgIpc) is 2.94. The Labute approximate surface area is 156 Å². The van der Waals surface area contributed by atoms with Gasteiger partial charge in [-0.25, -0.2) is 9.78 Å². The Kier molecular flexibility index (Phi) is 5.35. The number of carbonyl (C=O) groups excluding carboxylic acids is 3. The highest BCUT2D eigenvalue weighted by Gasteiger charge is 2.31. The predicted molar refractivity (Wildman–Crippen MR) is 97.2 cm³/mol. The van der Waals surface area contributed by atoms with Crippen LogP contribution in [0.5, 0.6) is 11.6 Å². The van der Waals surface area contributed by atoms with Gasteiger partial charge in [-0.1, -0.05) is 24.3 Å². The summed E-state index contributed by atoms with van der Waals surface area (Å²) in [5, 5.41) is 7.21. The summed E-state index contributed by atoms with van der Waals surface area (Å²) in [5.74, 6) is 0.269. The zero-order valence-electron chi connectivity index (χ0n) is 15.0. The van der Waals surface area contributed by atoms with Gasteiger partial charge in [-0.2, -0.15) is 0 Å². The van der Waals surface area contributed by atoms with Crippen LogP contribution in [0.3, 0.4) is 0 Å². The van der Waals surface area contributed by atoms with Crippen LogP contribution in [0.4, 0.5) is 4.79 Å². The molecular weight excluding hydrogens is 348 g/mol. The van der Waals surface area contributed by atoms with Crippen molar-refractivity contribution in [3.05, 3.63) is 53.2 Å². The molecule has 1 aliphatic heterocycles. The van der Waals surface area contributed by atoms with E-state index in [0.717, 1.165) is 16.9 Å². The fourth-order valence-corrected chi connectivity index (χ4v) is 2.76. The van der Waals surface area contributed by atoms with Gasteiger partial charge in [-0.3, -0.25) is 14.9 Å². The molecule has 3 N–H and O–H groups in total. The smallest absolute Gasteiger partial charge is 0.322 e. The monoisotopic (exact) mass is 368 g/mol. The van der Waals surface area contributed by atoms with Crippen molar-refractivity contribution in [1.82, 2.24) is 20.9 Å². The molecule has 2 aromatic rings. The Morgan fingerprint density at radius 1 is 1.19 bits per heavy atom. The summed E-state index contributed by atoms with van der Waals surface area (Å²) in [6.07, 6.45) is 1.48. The van der Waals surface area contributed by atoms with E-state index in [-0.39, 0.29) is 18.9 Å². The zero-order valence-corrected chi connectivity index (χ0v) is 15.0. The number of hydrogen-bond donors (Lipinski definition) is 3. The lowest BCUT2D eigenvalue weighted by molar-refractivity contribution is -0.126. The Balaban J connectivity index is 1.65. The van der Waals surface area contributed by atoms with Crippen LogP contribution >= 0.6 is 0 Å². The SMILES string of the molecule is Cc1cccc(C)c1Oc1ncccc1CNC(=O)C[C@@H]1NC(=O)NC1=O. The second-order valence-corrected chi connectivity index (χ2v) is 6.29. The molecule has 1 aliphatic rings. The van der Waals surface area contributed by atoms with Crippen LogP contribution in [-0.4, -0.2) is 28.9 Å². The molecule has 1 fully saturated rings. The van der Waals surface area contributed by atoms with Gasteiger partial charge in [0.1, 0.15) is 11.8 Å². The maximum atomic E-state index is 12.1. The van der Waals surface area contributed by atoms with Gasteiger partial charge in [0.15, 0.2) is 0 Å². The number of aromatic nitrogens is 1. The maximum Gasteiger partial charge on any atom is 0.322 e. The molecule has 1 saturated heterocycles. The number of hydrogen-bond acceptors (Lipinski definition) is 5. The first kappa shape index (κ1) is 18.4. The molecule has 3 rings (SSSR count). The minimum atomic E-state index is -0.850. The summed E-state index contributed by atoms with van der Waals surface area (Å²) in [6, 6.07) is 7.98. The molecule has 8 heteroatoms. The van der Waals surface area contributed by atoms with E-state index < -0.39 is 18.0 Å². The van der Waals surface area contributed by atoms with E-state index in [0.29, 0.717) is 11.4 Å². The third-order valence-corrected chi connectivity index (χ3v) is 4.18. The number of nitrogens with one attached hydrogen (secondary N) is 3. The Morgan fingerprint density at radius 3 is 2.59 bits per heavy atom. The highest BCUT2D eigenvalue weighted by molar-refractivity contribution is 6.05. The molecule has 2 heterocycles. The maximum absolute atomic E-state index is 12.1. The van der Waals surface area contributed by atoms with Gasteiger partial charge < -0.3 is 15.4 Å². The van der Waals surface area contributed by atoms with Crippen LogP contribution in [-0.2, 0) is 16.1 Å². The van der Waals surface area contributed by atoms with Crippen molar-refractivity contribution >= 4 is 17.8 Å². The van der Waals surface area contributed by atoms with Crippen molar-refractivity contribution < 1.29 is 19.1 Å². The lowest BCUT2D eigenvalue weighted by Crippen LogP contribution is -2.36. The normalized spacial score (nSPS) is 15.9. The number of aryl methyl sites for hydroxylation is 2. The lowest BCUT2D eigenvalue weighted by atomic mass is 10.1. The molecule has 1 atom stereocenters. The molecule has 0 unspecified atom stereocenters. The molecule has 8 nitrogen and oxygen atoms in total. The number of imide groups is 1. The van der Waals surface area contributed by atoms with Gasteiger partial charge >= 0.3 is 6.03 Å². The third-order valence-electron chi connectivity index (χ3n) is 4.18. The molecule has 27 heavy (non-hydrogen) atoms. The Bertz CT molecular complexity index is 877. The van der Waals surface area contributed by atoms with E-state index in [9.17, 15) is 14.4 Å². The number of rotatable bonds is 6. The first-order valence-corrected chi connectivity index (χ1v) is 8.50. The summed E-state index contributed by atoms with van der Waals surface area (Å²) in [7, 11) is 0. The minimum absolute atomic E-state index is 0.134. The van der Waals surface area contributed by atoms with Crippen LogP contribution in [0, 0.1) is 13.8 Å². The fraction of sp³-hybridized carbons (Fsp3) is 0.263. The molecule has 0 radical (unpaired) electrons. The first-order chi connectivity index (χ1) is 12.9. The quantitative estimate of drug-likeness (QED) is 0.673. The van der Waals surface area contributed by atoms with E-state index in [1.54, 1.807) is 18.3 Å². The number of pyridine rings is 1. The molecule has 0 spiro atoms. The van der Waals surface area contributed by atoms with Gasteiger partial charge in [0.2, 0.25) is 11.8 Å². The summed E-state index contributed by atoms with van der Waals surface area (Å²) < 4.78 is 5.98. The van der Waals surface area contributed by atoms with E-state index in [1.807, 2.05) is 32.0 Å². The van der Waals surface area contributed by atoms with Crippen molar-refractivity contribution in [2.45, 2.75) is 32.9 Å². The van der Waals surface area contributed by atoms with Crippen LogP contribution < -0.4 is 20.7 Å². The van der Waals surface area contributed by atoms with Gasteiger partial charge in [0.05, 0.1) is 6.42 Å². The van der Waals surface area contributed by atoms with Crippen molar-refractivity contribution in [3.8, 4) is 11.6 Å². The Hall–Kier alpha value is -3.42. The second-order valence-electron chi connectivity index (χ2n) is 6.29. The number of para-hydroxylation sites is 1. The third kappa shape index (κ3) is 4.41. The van der Waals surface area contributed by atoms with Gasteiger partial charge in [-0.05, 0) is 31.0 Å². The molecule has 140 valence electrons. The highest BCUT2D eigenvalue weighted by atomic mass is 16.5. The number of carbonyl (C=O) groups is 3. The minimum Gasteiger partial charge on any atom is -0.438 e. The topological polar surface area (TPSA) is 109 Å². The van der Waals surface area contributed by atoms with Crippen LogP contribution in [0.1, 0.15) is 23.1 Å². The van der Waals surface area contributed by atoms with E-state index in [4.69, 9.17) is 4.74 Å². The number of ether oxygens (including phenoxy) is 1. The van der Waals surface area contributed by atoms with E-state index >= 15 is 0 Å². The molecule has 4 amide bonds. The largest absolute Gasteiger partial charge is 0.438 e. The van der Waals surface area contributed by atoms with Crippen LogP contribution in [0.2, 0.25) is 0 Å². The van der Waals surface area contributed by atoms with Crippen molar-refractivity contribution in [3.63, 3.8) is 0 Å². The molecular formula is C19H20N4O4. The zero-order chi connectivity index (χ0) is 19.4. The number of benzene rings is 1. The van der Waals surface area contributed by atoms with Crippen molar-refractivity contribution in [2.24, 2.45) is 0 Å². The Morgan fingerprint density at radius 2 is 1.93 bits per heavy atom. The highest BCUT2D eigenvalue weighted by Crippen LogP contribution is 2.29. The summed E-state index contributed by atoms with van der Waals surface area (Å²) in [6.45, 7) is 4.09. The van der Waals surface area contributed by atoms with Gasteiger partial charge in [0.25, 0.3) is 5.91 Å². The van der Waals surface area contributed by atoms with Gasteiger partial charge in [-0.15, -0.1) is 0 Å². The number of urea groups is 1. The number of amides is 4. The van der Waals surface area contributed by atoms with Gasteiger partial charge in [0, 0.05) is 18.3 Å². The summed E-state index contributed by atoms with van der Waals surface area (Å²) >= 11 is 0. The second kappa shape index (κ2) is 7.86. The van der Waals surface area contributed by atoms with E-state index in [1.165, 1.54) is 0 Å². The standard InChI is InChI=1S/C19H20N4O4/c1-11-5-3-6-12(2)16(11)27-18-13(7-4-8-20-18)10-21-15(24)9-14-17(25)23-19(26)22-14/h3-8,14H,9-10H2,1-2H3,(H,21,24)(H2,22,23,25,26)/t14-/m0/s1. The molecule has 1 aromatic carbocycles. The summed E-state index contributed by atoms with van der Waals surface area (Å²) in [5.41, 5.74) is 2.67. The lowest BCUT2D eigenvalue weighted by Gasteiger charge is -2.14. The molecule has 0 aliphatic carbocycles.